The predicted octanol–water partition coefficient (Wildman–Crippen LogP) is 2.42. The summed E-state index contributed by atoms with van der Waals surface area (Å²) in [6.45, 7) is 1.93. The molecule has 1 aliphatic carbocycles. The average Bonchev–Trinajstić information content (AvgIpc) is 3.03. The van der Waals surface area contributed by atoms with Crippen LogP contribution in [0.4, 0.5) is 5.69 Å². The van der Waals surface area contributed by atoms with Crippen LogP contribution in [0.25, 0.3) is 0 Å². The fraction of sp³-hybridized carbons (Fsp3) is 0.333. The molecule has 0 bridgehead atoms. The Hall–Kier alpha value is -1.36. The Morgan fingerprint density at radius 3 is 2.71 bits per heavy atom. The zero-order valence-corrected chi connectivity index (χ0v) is 10.8. The summed E-state index contributed by atoms with van der Waals surface area (Å²) in [5.41, 5.74) is 1.72. The van der Waals surface area contributed by atoms with E-state index in [0.29, 0.717) is 12.1 Å². The van der Waals surface area contributed by atoms with E-state index in [1.54, 1.807) is 0 Å². The third kappa shape index (κ3) is 2.66. The molecule has 1 saturated carbocycles. The van der Waals surface area contributed by atoms with Gasteiger partial charge in [0.2, 0.25) is 5.91 Å². The summed E-state index contributed by atoms with van der Waals surface area (Å²) in [6, 6.07) is 5.63. The number of halogens is 1. The normalized spacial score (nSPS) is 22.0. The Morgan fingerprint density at radius 1 is 1.41 bits per heavy atom. The molecule has 0 aliphatic heterocycles. The second-order valence-corrected chi connectivity index (χ2v) is 5.11. The minimum absolute atomic E-state index is 0.219. The third-order valence-electron chi connectivity index (χ3n) is 2.82. The molecule has 1 aromatic carbocycles. The number of amides is 1. The van der Waals surface area contributed by atoms with Gasteiger partial charge in [-0.25, -0.2) is 0 Å². The second kappa shape index (κ2) is 4.49. The van der Waals surface area contributed by atoms with Gasteiger partial charge in [0.15, 0.2) is 0 Å². The zero-order valence-electron chi connectivity index (χ0n) is 9.24. The van der Waals surface area contributed by atoms with Crippen molar-refractivity contribution in [1.29, 1.82) is 0 Å². The maximum Gasteiger partial charge on any atom is 0.307 e. The van der Waals surface area contributed by atoms with Gasteiger partial charge < -0.3 is 10.4 Å². The van der Waals surface area contributed by atoms with Gasteiger partial charge in [-0.05, 0) is 47.0 Å². The molecular weight excluding hydrogens is 286 g/mol. The SMILES string of the molecule is Cc1ccc(Br)c(NC(=O)C2CC2C(=O)O)c1. The quantitative estimate of drug-likeness (QED) is 0.900. The van der Waals surface area contributed by atoms with Crippen LogP contribution in [0.3, 0.4) is 0 Å². The predicted molar refractivity (Wildman–Crippen MR) is 66.7 cm³/mol. The van der Waals surface area contributed by atoms with Crippen LogP contribution in [0.1, 0.15) is 12.0 Å². The number of carboxylic acid groups (broad SMARTS) is 1. The Labute approximate surface area is 107 Å². The molecule has 2 atom stereocenters. The average molecular weight is 298 g/mol. The molecule has 4 nitrogen and oxygen atoms in total. The first-order valence-electron chi connectivity index (χ1n) is 5.29. The van der Waals surface area contributed by atoms with Crippen molar-refractivity contribution in [3.05, 3.63) is 28.2 Å². The van der Waals surface area contributed by atoms with Gasteiger partial charge in [-0.2, -0.15) is 0 Å². The lowest BCUT2D eigenvalue weighted by Gasteiger charge is -2.07. The third-order valence-corrected chi connectivity index (χ3v) is 3.52. The number of aryl methyl sites for hydroxylation is 1. The van der Waals surface area contributed by atoms with Crippen molar-refractivity contribution in [2.75, 3.05) is 5.32 Å². The molecule has 5 heteroatoms. The summed E-state index contributed by atoms with van der Waals surface area (Å²) in [5, 5.41) is 11.5. The van der Waals surface area contributed by atoms with Crippen molar-refractivity contribution < 1.29 is 14.7 Å². The van der Waals surface area contributed by atoms with Crippen molar-refractivity contribution in [1.82, 2.24) is 0 Å². The highest BCUT2D eigenvalue weighted by Gasteiger charge is 2.48. The Balaban J connectivity index is 2.04. The first kappa shape index (κ1) is 12.1. The minimum atomic E-state index is -0.895. The van der Waals surface area contributed by atoms with Crippen LogP contribution in [-0.4, -0.2) is 17.0 Å². The first-order chi connectivity index (χ1) is 7.99. The topological polar surface area (TPSA) is 66.4 Å². The fourth-order valence-corrected chi connectivity index (χ4v) is 2.06. The number of hydrogen-bond acceptors (Lipinski definition) is 2. The molecule has 1 aliphatic rings. The van der Waals surface area contributed by atoms with Crippen molar-refractivity contribution in [2.45, 2.75) is 13.3 Å². The molecule has 1 amide bonds. The monoisotopic (exact) mass is 297 g/mol. The standard InChI is InChI=1S/C12H12BrNO3/c1-6-2-3-9(13)10(4-6)14-11(15)7-5-8(7)12(16)17/h2-4,7-8H,5H2,1H3,(H,14,15)(H,16,17). The largest absolute Gasteiger partial charge is 0.481 e. The van der Waals surface area contributed by atoms with Crippen LogP contribution in [-0.2, 0) is 9.59 Å². The maximum absolute atomic E-state index is 11.8. The van der Waals surface area contributed by atoms with E-state index < -0.39 is 11.9 Å². The summed E-state index contributed by atoms with van der Waals surface area (Å²) >= 11 is 3.34. The summed E-state index contributed by atoms with van der Waals surface area (Å²) in [7, 11) is 0. The molecule has 0 aromatic heterocycles. The van der Waals surface area contributed by atoms with Gasteiger partial charge in [0.05, 0.1) is 17.5 Å². The van der Waals surface area contributed by atoms with Gasteiger partial charge in [-0.1, -0.05) is 6.07 Å². The van der Waals surface area contributed by atoms with E-state index in [4.69, 9.17) is 5.11 Å². The van der Waals surface area contributed by atoms with Crippen molar-refractivity contribution >= 4 is 33.5 Å². The smallest absolute Gasteiger partial charge is 0.307 e. The molecule has 2 rings (SSSR count). The number of rotatable bonds is 3. The Bertz CT molecular complexity index is 487. The lowest BCUT2D eigenvalue weighted by molar-refractivity contribution is -0.139. The maximum atomic E-state index is 11.8. The lowest BCUT2D eigenvalue weighted by Crippen LogP contribution is -2.17. The number of hydrogen-bond donors (Lipinski definition) is 2. The molecule has 2 N–H and O–H groups in total. The second-order valence-electron chi connectivity index (χ2n) is 4.26. The summed E-state index contributed by atoms with van der Waals surface area (Å²) in [5.74, 6) is -2.02. The lowest BCUT2D eigenvalue weighted by atomic mass is 10.2. The zero-order chi connectivity index (χ0) is 12.6. The molecule has 0 spiro atoms. The molecular formula is C12H12BrNO3. The van der Waals surface area contributed by atoms with Crippen molar-refractivity contribution in [3.8, 4) is 0 Å². The molecule has 1 fully saturated rings. The minimum Gasteiger partial charge on any atom is -0.481 e. The van der Waals surface area contributed by atoms with Crippen LogP contribution < -0.4 is 5.32 Å². The number of benzene rings is 1. The number of carbonyl (C=O) groups excluding carboxylic acids is 1. The van der Waals surface area contributed by atoms with E-state index in [-0.39, 0.29) is 11.8 Å². The van der Waals surface area contributed by atoms with E-state index in [0.717, 1.165) is 10.0 Å². The highest BCUT2D eigenvalue weighted by molar-refractivity contribution is 9.10. The van der Waals surface area contributed by atoms with E-state index >= 15 is 0 Å². The van der Waals surface area contributed by atoms with Crippen LogP contribution in [0.2, 0.25) is 0 Å². The molecule has 0 radical (unpaired) electrons. The van der Waals surface area contributed by atoms with Gasteiger partial charge in [-0.3, -0.25) is 9.59 Å². The highest BCUT2D eigenvalue weighted by atomic mass is 79.9. The molecule has 2 unspecified atom stereocenters. The van der Waals surface area contributed by atoms with Gasteiger partial charge in [0, 0.05) is 4.47 Å². The molecule has 0 heterocycles. The van der Waals surface area contributed by atoms with E-state index in [2.05, 4.69) is 21.2 Å². The Kier molecular flexibility index (Phi) is 3.19. The molecule has 90 valence electrons. The van der Waals surface area contributed by atoms with Gasteiger partial charge >= 0.3 is 5.97 Å². The van der Waals surface area contributed by atoms with Gasteiger partial charge in [0.1, 0.15) is 0 Å². The summed E-state index contributed by atoms with van der Waals surface area (Å²) in [6.07, 6.45) is 0.435. The fourth-order valence-electron chi connectivity index (χ4n) is 1.72. The van der Waals surface area contributed by atoms with Crippen LogP contribution in [0.5, 0.6) is 0 Å². The summed E-state index contributed by atoms with van der Waals surface area (Å²) in [4.78, 5) is 22.4. The van der Waals surface area contributed by atoms with E-state index in [1.165, 1.54) is 0 Å². The van der Waals surface area contributed by atoms with Crippen molar-refractivity contribution in [2.24, 2.45) is 11.8 Å². The first-order valence-corrected chi connectivity index (χ1v) is 6.08. The number of nitrogens with one attached hydrogen (secondary N) is 1. The van der Waals surface area contributed by atoms with Crippen molar-refractivity contribution in [3.63, 3.8) is 0 Å². The molecule has 0 saturated heterocycles. The van der Waals surface area contributed by atoms with Gasteiger partial charge in [0.25, 0.3) is 0 Å². The van der Waals surface area contributed by atoms with E-state index in [9.17, 15) is 9.59 Å². The number of anilines is 1. The van der Waals surface area contributed by atoms with Crippen LogP contribution in [0.15, 0.2) is 22.7 Å². The van der Waals surface area contributed by atoms with Gasteiger partial charge in [-0.15, -0.1) is 0 Å². The summed E-state index contributed by atoms with van der Waals surface area (Å²) < 4.78 is 0.795. The number of aliphatic carboxylic acids is 1. The number of carbonyl (C=O) groups is 2. The highest BCUT2D eigenvalue weighted by Crippen LogP contribution is 2.39. The number of carboxylic acids is 1. The molecule has 1 aromatic rings. The van der Waals surface area contributed by atoms with Crippen LogP contribution in [0, 0.1) is 18.8 Å². The van der Waals surface area contributed by atoms with Crippen LogP contribution >= 0.6 is 15.9 Å². The van der Waals surface area contributed by atoms with E-state index in [1.807, 2.05) is 25.1 Å². The molecule has 17 heavy (non-hydrogen) atoms. The Morgan fingerprint density at radius 2 is 2.12 bits per heavy atom.